The van der Waals surface area contributed by atoms with Gasteiger partial charge in [0.15, 0.2) is 0 Å². The largest absolute Gasteiger partial charge is 0.319 e. The molecule has 0 aliphatic rings. The summed E-state index contributed by atoms with van der Waals surface area (Å²) >= 11 is 0. The molecule has 0 saturated heterocycles. The van der Waals surface area contributed by atoms with Crippen molar-refractivity contribution in [2.24, 2.45) is 0 Å². The highest BCUT2D eigenvalue weighted by molar-refractivity contribution is 5.85. The maximum Gasteiger partial charge on any atom is 0.136 e. The minimum absolute atomic E-state index is 0. The summed E-state index contributed by atoms with van der Waals surface area (Å²) in [7, 11) is 1.95. The number of fused-ring (bicyclic) bond motifs is 1. The number of nitrogens with zero attached hydrogens (tertiary/aromatic N) is 2. The first-order valence-corrected chi connectivity index (χ1v) is 4.47. The summed E-state index contributed by atoms with van der Waals surface area (Å²) < 4.78 is 2.05. The van der Waals surface area contributed by atoms with E-state index in [0.717, 1.165) is 24.3 Å². The number of pyridine rings is 1. The first kappa shape index (κ1) is 14.2. The molecule has 0 unspecified atom stereocenters. The summed E-state index contributed by atoms with van der Waals surface area (Å²) in [6, 6.07) is 6.03. The van der Waals surface area contributed by atoms with E-state index in [1.807, 2.05) is 35.8 Å². The Hall–Kier alpha value is -0.770. The molecule has 15 heavy (non-hydrogen) atoms. The van der Waals surface area contributed by atoms with E-state index in [2.05, 4.69) is 16.5 Å². The second kappa shape index (κ2) is 6.67. The Morgan fingerprint density at radius 3 is 2.80 bits per heavy atom. The van der Waals surface area contributed by atoms with E-state index in [-0.39, 0.29) is 24.8 Å². The van der Waals surface area contributed by atoms with Gasteiger partial charge in [0.25, 0.3) is 0 Å². The second-order valence-corrected chi connectivity index (χ2v) is 3.05. The maximum atomic E-state index is 4.47. The standard InChI is InChI=1S/C10H13N3.2ClH/c1-11-6-5-9-8-13-7-3-2-4-10(13)12-9;;/h2-4,7-8,11H,5-6H2,1H3;2*1H. The Labute approximate surface area is 102 Å². The van der Waals surface area contributed by atoms with Crippen molar-refractivity contribution >= 4 is 30.5 Å². The van der Waals surface area contributed by atoms with Gasteiger partial charge in [-0.25, -0.2) is 4.98 Å². The lowest BCUT2D eigenvalue weighted by Gasteiger charge is -1.92. The topological polar surface area (TPSA) is 29.3 Å². The second-order valence-electron chi connectivity index (χ2n) is 3.05. The molecule has 1 N–H and O–H groups in total. The fourth-order valence-electron chi connectivity index (χ4n) is 1.36. The van der Waals surface area contributed by atoms with E-state index in [1.165, 1.54) is 0 Å². The van der Waals surface area contributed by atoms with Crippen LogP contribution in [0.3, 0.4) is 0 Å². The maximum absolute atomic E-state index is 4.47. The van der Waals surface area contributed by atoms with Crippen molar-refractivity contribution < 1.29 is 0 Å². The van der Waals surface area contributed by atoms with E-state index in [0.29, 0.717) is 0 Å². The minimum atomic E-state index is 0. The molecule has 2 rings (SSSR count). The number of hydrogen-bond acceptors (Lipinski definition) is 2. The number of hydrogen-bond donors (Lipinski definition) is 1. The smallest absolute Gasteiger partial charge is 0.136 e. The molecule has 84 valence electrons. The summed E-state index contributed by atoms with van der Waals surface area (Å²) in [4.78, 5) is 4.47. The quantitative estimate of drug-likeness (QED) is 0.899. The molecule has 3 nitrogen and oxygen atoms in total. The Morgan fingerprint density at radius 1 is 1.33 bits per heavy atom. The van der Waals surface area contributed by atoms with E-state index < -0.39 is 0 Å². The van der Waals surface area contributed by atoms with Gasteiger partial charge in [0.05, 0.1) is 5.69 Å². The van der Waals surface area contributed by atoms with Gasteiger partial charge in [-0.05, 0) is 19.2 Å². The highest BCUT2D eigenvalue weighted by Crippen LogP contribution is 2.04. The Kier molecular flexibility index (Phi) is 6.32. The number of aromatic nitrogens is 2. The van der Waals surface area contributed by atoms with Gasteiger partial charge in [0.1, 0.15) is 5.65 Å². The van der Waals surface area contributed by atoms with E-state index in [9.17, 15) is 0 Å². The van der Waals surface area contributed by atoms with Crippen LogP contribution in [-0.4, -0.2) is 23.0 Å². The van der Waals surface area contributed by atoms with Crippen molar-refractivity contribution in [3.05, 3.63) is 36.3 Å². The van der Waals surface area contributed by atoms with Crippen LogP contribution in [0.15, 0.2) is 30.6 Å². The van der Waals surface area contributed by atoms with Crippen LogP contribution in [0, 0.1) is 0 Å². The van der Waals surface area contributed by atoms with Crippen molar-refractivity contribution in [2.45, 2.75) is 6.42 Å². The molecule has 0 aromatic carbocycles. The summed E-state index contributed by atoms with van der Waals surface area (Å²) in [5, 5.41) is 3.11. The molecule has 0 saturated carbocycles. The SMILES string of the molecule is CNCCc1cn2ccccc2n1.Cl.Cl. The lowest BCUT2D eigenvalue weighted by molar-refractivity contribution is 0.780. The highest BCUT2D eigenvalue weighted by atomic mass is 35.5. The molecule has 5 heteroatoms. The van der Waals surface area contributed by atoms with Gasteiger partial charge >= 0.3 is 0 Å². The van der Waals surface area contributed by atoms with Gasteiger partial charge in [-0.1, -0.05) is 6.07 Å². The fourth-order valence-corrected chi connectivity index (χ4v) is 1.36. The molecular formula is C10H15Cl2N3. The lowest BCUT2D eigenvalue weighted by atomic mass is 10.3. The summed E-state index contributed by atoms with van der Waals surface area (Å²) in [5.41, 5.74) is 2.16. The minimum Gasteiger partial charge on any atom is -0.319 e. The molecule has 0 radical (unpaired) electrons. The zero-order valence-corrected chi connectivity index (χ0v) is 10.1. The zero-order valence-electron chi connectivity index (χ0n) is 8.51. The molecule has 2 aromatic heterocycles. The highest BCUT2D eigenvalue weighted by Gasteiger charge is 1.98. The van der Waals surface area contributed by atoms with Crippen molar-refractivity contribution in [1.82, 2.24) is 14.7 Å². The normalized spacial score (nSPS) is 9.40. The van der Waals surface area contributed by atoms with Gasteiger partial charge in [0, 0.05) is 25.4 Å². The first-order valence-electron chi connectivity index (χ1n) is 4.47. The molecular weight excluding hydrogens is 233 g/mol. The predicted molar refractivity (Wildman–Crippen MR) is 67.3 cm³/mol. The molecule has 2 heterocycles. The van der Waals surface area contributed by atoms with Crippen LogP contribution in [0.5, 0.6) is 0 Å². The Morgan fingerprint density at radius 2 is 2.13 bits per heavy atom. The molecule has 0 aliphatic carbocycles. The van der Waals surface area contributed by atoms with Crippen LogP contribution in [-0.2, 0) is 6.42 Å². The van der Waals surface area contributed by atoms with Crippen molar-refractivity contribution in [3.63, 3.8) is 0 Å². The molecule has 0 atom stereocenters. The third kappa shape index (κ3) is 3.38. The van der Waals surface area contributed by atoms with E-state index >= 15 is 0 Å². The number of halogens is 2. The van der Waals surface area contributed by atoms with Crippen LogP contribution in [0.1, 0.15) is 5.69 Å². The number of likely N-dealkylation sites (N-methyl/N-ethyl adjacent to an activating group) is 1. The average molecular weight is 248 g/mol. The van der Waals surface area contributed by atoms with E-state index in [1.54, 1.807) is 0 Å². The molecule has 0 fully saturated rings. The van der Waals surface area contributed by atoms with Crippen LogP contribution >= 0.6 is 24.8 Å². The van der Waals surface area contributed by atoms with Crippen LogP contribution in [0.4, 0.5) is 0 Å². The predicted octanol–water partition coefficient (Wildman–Crippen LogP) is 1.94. The number of imidazole rings is 1. The lowest BCUT2D eigenvalue weighted by Crippen LogP contribution is -2.10. The van der Waals surface area contributed by atoms with E-state index in [4.69, 9.17) is 0 Å². The Bertz CT molecular complexity index is 367. The average Bonchev–Trinajstić information content (AvgIpc) is 2.57. The molecule has 0 spiro atoms. The molecule has 0 bridgehead atoms. The van der Waals surface area contributed by atoms with Gasteiger partial charge in [0.2, 0.25) is 0 Å². The summed E-state index contributed by atoms with van der Waals surface area (Å²) in [5.74, 6) is 0. The van der Waals surface area contributed by atoms with Crippen LogP contribution in [0.25, 0.3) is 5.65 Å². The van der Waals surface area contributed by atoms with Crippen molar-refractivity contribution in [2.75, 3.05) is 13.6 Å². The first-order chi connectivity index (χ1) is 6.40. The summed E-state index contributed by atoms with van der Waals surface area (Å²) in [6.07, 6.45) is 5.08. The number of nitrogens with one attached hydrogen (secondary N) is 1. The van der Waals surface area contributed by atoms with Gasteiger partial charge in [-0.3, -0.25) is 0 Å². The fraction of sp³-hybridized carbons (Fsp3) is 0.300. The third-order valence-corrected chi connectivity index (χ3v) is 2.05. The zero-order chi connectivity index (χ0) is 9.10. The third-order valence-electron chi connectivity index (χ3n) is 2.05. The molecule has 0 aliphatic heterocycles. The van der Waals surface area contributed by atoms with Gasteiger partial charge in [-0.15, -0.1) is 24.8 Å². The van der Waals surface area contributed by atoms with Gasteiger partial charge < -0.3 is 9.72 Å². The Balaban J connectivity index is 0.000000980. The monoisotopic (exact) mass is 247 g/mol. The molecule has 0 amide bonds. The molecule has 2 aromatic rings. The van der Waals surface area contributed by atoms with Crippen molar-refractivity contribution in [1.29, 1.82) is 0 Å². The number of rotatable bonds is 3. The van der Waals surface area contributed by atoms with Crippen molar-refractivity contribution in [3.8, 4) is 0 Å². The van der Waals surface area contributed by atoms with Gasteiger partial charge in [-0.2, -0.15) is 0 Å². The van der Waals surface area contributed by atoms with Crippen LogP contribution in [0.2, 0.25) is 0 Å². The van der Waals surface area contributed by atoms with Crippen LogP contribution < -0.4 is 5.32 Å². The summed E-state index contributed by atoms with van der Waals surface area (Å²) in [6.45, 7) is 0.976.